The summed E-state index contributed by atoms with van der Waals surface area (Å²) in [7, 11) is 1.63. The Morgan fingerprint density at radius 1 is 1.19 bits per heavy atom. The van der Waals surface area contributed by atoms with Gasteiger partial charge in [-0.05, 0) is 43.7 Å². The van der Waals surface area contributed by atoms with Gasteiger partial charge in [0.2, 0.25) is 5.91 Å². The molecule has 2 aliphatic rings. The van der Waals surface area contributed by atoms with Crippen molar-refractivity contribution >= 4 is 11.8 Å². The molecule has 0 spiro atoms. The molecule has 1 saturated carbocycles. The third-order valence-corrected chi connectivity index (χ3v) is 5.38. The van der Waals surface area contributed by atoms with Crippen molar-refractivity contribution in [2.45, 2.75) is 44.2 Å². The second-order valence-corrected chi connectivity index (χ2v) is 7.50. The molecule has 7 nitrogen and oxygen atoms in total. The zero-order valence-corrected chi connectivity index (χ0v) is 16.0. The number of ether oxygens (including phenoxy) is 1. The van der Waals surface area contributed by atoms with Crippen LogP contribution in [-0.4, -0.2) is 67.1 Å². The molecule has 2 amide bonds. The molecule has 148 valence electrons. The van der Waals surface area contributed by atoms with Crippen molar-refractivity contribution in [2.24, 2.45) is 5.92 Å². The highest BCUT2D eigenvalue weighted by atomic mass is 16.5. The number of hydrogen-bond acceptors (Lipinski definition) is 5. The van der Waals surface area contributed by atoms with Crippen LogP contribution >= 0.6 is 0 Å². The van der Waals surface area contributed by atoms with Gasteiger partial charge in [-0.3, -0.25) is 19.5 Å². The monoisotopic (exact) mass is 374 g/mol. The third-order valence-electron chi connectivity index (χ3n) is 5.38. The van der Waals surface area contributed by atoms with Crippen LogP contribution < -0.4 is 10.6 Å². The number of pyridine rings is 1. The molecule has 0 unspecified atom stereocenters. The Balaban J connectivity index is 1.51. The number of nitrogens with zero attached hydrogens (tertiary/aromatic N) is 2. The van der Waals surface area contributed by atoms with Gasteiger partial charge in [0.1, 0.15) is 5.69 Å². The van der Waals surface area contributed by atoms with Crippen LogP contribution in [0.2, 0.25) is 0 Å². The van der Waals surface area contributed by atoms with Crippen LogP contribution in [0, 0.1) is 5.92 Å². The van der Waals surface area contributed by atoms with Gasteiger partial charge in [0.15, 0.2) is 0 Å². The standard InChI is InChI=1S/C20H30N4O3/c1-27-11-10-22-19(25)12-16-7-8-17(24(16)14-15-5-6-15)13-23-20(26)18-4-2-3-9-21-18/h2-4,9,15-17H,5-8,10-14H2,1H3,(H,22,25)(H,23,26)/t16-,17+/m1/s1. The van der Waals surface area contributed by atoms with Crippen molar-refractivity contribution < 1.29 is 14.3 Å². The first-order valence-corrected chi connectivity index (χ1v) is 9.88. The van der Waals surface area contributed by atoms with E-state index in [2.05, 4.69) is 20.5 Å². The zero-order valence-electron chi connectivity index (χ0n) is 16.0. The van der Waals surface area contributed by atoms with E-state index in [1.165, 1.54) is 12.8 Å². The molecule has 1 aliphatic heterocycles. The van der Waals surface area contributed by atoms with Crippen molar-refractivity contribution in [3.05, 3.63) is 30.1 Å². The molecule has 0 radical (unpaired) electrons. The minimum atomic E-state index is -0.136. The van der Waals surface area contributed by atoms with Crippen LogP contribution in [0.25, 0.3) is 0 Å². The first kappa shape index (κ1) is 19.8. The van der Waals surface area contributed by atoms with Gasteiger partial charge in [-0.1, -0.05) is 6.07 Å². The lowest BCUT2D eigenvalue weighted by molar-refractivity contribution is -0.122. The maximum Gasteiger partial charge on any atom is 0.269 e. The summed E-state index contributed by atoms with van der Waals surface area (Å²) in [4.78, 5) is 31.0. The number of methoxy groups -OCH3 is 1. The first-order chi connectivity index (χ1) is 13.2. The van der Waals surface area contributed by atoms with E-state index in [-0.39, 0.29) is 23.9 Å². The largest absolute Gasteiger partial charge is 0.383 e. The maximum absolute atomic E-state index is 12.3. The average Bonchev–Trinajstić information content (AvgIpc) is 3.43. The minimum Gasteiger partial charge on any atom is -0.383 e. The molecule has 2 atom stereocenters. The number of hydrogen-bond donors (Lipinski definition) is 2. The summed E-state index contributed by atoms with van der Waals surface area (Å²) in [5.74, 6) is 0.690. The fraction of sp³-hybridized carbons (Fsp3) is 0.650. The van der Waals surface area contributed by atoms with E-state index >= 15 is 0 Å². The smallest absolute Gasteiger partial charge is 0.269 e. The molecule has 27 heavy (non-hydrogen) atoms. The molecular weight excluding hydrogens is 344 g/mol. The molecule has 0 aromatic carbocycles. The number of rotatable bonds is 10. The SMILES string of the molecule is COCCNC(=O)C[C@H]1CC[C@@H](CNC(=O)c2ccccn2)N1CC1CC1. The fourth-order valence-electron chi connectivity index (χ4n) is 3.73. The number of amides is 2. The van der Waals surface area contributed by atoms with Gasteiger partial charge in [0.25, 0.3) is 5.91 Å². The van der Waals surface area contributed by atoms with Crippen LogP contribution in [0.3, 0.4) is 0 Å². The van der Waals surface area contributed by atoms with Crippen LogP contribution in [-0.2, 0) is 9.53 Å². The number of nitrogens with one attached hydrogen (secondary N) is 2. The molecule has 1 aliphatic carbocycles. The Kier molecular flexibility index (Phi) is 7.18. The predicted molar refractivity (Wildman–Crippen MR) is 102 cm³/mol. The van der Waals surface area contributed by atoms with Gasteiger partial charge < -0.3 is 15.4 Å². The average molecular weight is 374 g/mol. The van der Waals surface area contributed by atoms with Gasteiger partial charge in [0.05, 0.1) is 6.61 Å². The van der Waals surface area contributed by atoms with Gasteiger partial charge >= 0.3 is 0 Å². The minimum absolute atomic E-state index is 0.0796. The Hall–Kier alpha value is -1.99. The fourth-order valence-corrected chi connectivity index (χ4v) is 3.73. The van der Waals surface area contributed by atoms with Crippen molar-refractivity contribution in [3.63, 3.8) is 0 Å². The zero-order chi connectivity index (χ0) is 19.1. The second-order valence-electron chi connectivity index (χ2n) is 7.50. The molecule has 2 heterocycles. The number of aromatic nitrogens is 1. The Labute approximate surface area is 160 Å². The molecular formula is C20H30N4O3. The highest BCUT2D eigenvalue weighted by Crippen LogP contribution is 2.35. The highest BCUT2D eigenvalue weighted by molar-refractivity contribution is 5.92. The lowest BCUT2D eigenvalue weighted by Gasteiger charge is -2.30. The van der Waals surface area contributed by atoms with E-state index in [0.717, 1.165) is 25.3 Å². The molecule has 0 bridgehead atoms. The van der Waals surface area contributed by atoms with E-state index in [4.69, 9.17) is 4.74 Å². The Morgan fingerprint density at radius 2 is 2.00 bits per heavy atom. The van der Waals surface area contributed by atoms with Crippen molar-refractivity contribution in [3.8, 4) is 0 Å². The topological polar surface area (TPSA) is 83.6 Å². The van der Waals surface area contributed by atoms with E-state index in [1.54, 1.807) is 25.4 Å². The molecule has 1 saturated heterocycles. The quantitative estimate of drug-likeness (QED) is 0.602. The van der Waals surface area contributed by atoms with Crippen LogP contribution in [0.4, 0.5) is 0 Å². The van der Waals surface area contributed by atoms with Crippen molar-refractivity contribution in [1.29, 1.82) is 0 Å². The van der Waals surface area contributed by atoms with Crippen LogP contribution in [0.5, 0.6) is 0 Å². The molecule has 1 aromatic rings. The number of likely N-dealkylation sites (tertiary alicyclic amines) is 1. The van der Waals surface area contributed by atoms with E-state index in [0.29, 0.717) is 31.8 Å². The lowest BCUT2D eigenvalue weighted by Crippen LogP contribution is -2.45. The second kappa shape index (κ2) is 9.80. The van der Waals surface area contributed by atoms with Crippen LogP contribution in [0.15, 0.2) is 24.4 Å². The van der Waals surface area contributed by atoms with Crippen LogP contribution in [0.1, 0.15) is 42.6 Å². The summed E-state index contributed by atoms with van der Waals surface area (Å²) < 4.78 is 4.98. The van der Waals surface area contributed by atoms with Gasteiger partial charge in [-0.2, -0.15) is 0 Å². The number of carbonyl (C=O) groups excluding carboxylic acids is 2. The number of carbonyl (C=O) groups is 2. The summed E-state index contributed by atoms with van der Waals surface area (Å²) in [6.45, 7) is 2.71. The molecule has 7 heteroatoms. The molecule has 2 N–H and O–H groups in total. The van der Waals surface area contributed by atoms with E-state index in [1.807, 2.05) is 6.07 Å². The maximum atomic E-state index is 12.3. The van der Waals surface area contributed by atoms with Gasteiger partial charge in [-0.25, -0.2) is 0 Å². The third kappa shape index (κ3) is 6.01. The summed E-state index contributed by atoms with van der Waals surface area (Å²) in [5.41, 5.74) is 0.443. The Bertz CT molecular complexity index is 621. The lowest BCUT2D eigenvalue weighted by atomic mass is 10.1. The van der Waals surface area contributed by atoms with Gasteiger partial charge in [0, 0.05) is 51.4 Å². The normalized spacial score (nSPS) is 22.6. The van der Waals surface area contributed by atoms with Crippen molar-refractivity contribution in [2.75, 3.05) is 33.4 Å². The van der Waals surface area contributed by atoms with E-state index < -0.39 is 0 Å². The summed E-state index contributed by atoms with van der Waals surface area (Å²) in [6, 6.07) is 5.88. The van der Waals surface area contributed by atoms with E-state index in [9.17, 15) is 9.59 Å². The predicted octanol–water partition coefficient (Wildman–Crippen LogP) is 1.21. The molecule has 2 fully saturated rings. The molecule has 1 aromatic heterocycles. The van der Waals surface area contributed by atoms with Gasteiger partial charge in [-0.15, -0.1) is 0 Å². The first-order valence-electron chi connectivity index (χ1n) is 9.88. The molecule has 3 rings (SSSR count). The summed E-state index contributed by atoms with van der Waals surface area (Å²) in [6.07, 6.45) is 6.69. The van der Waals surface area contributed by atoms with Crippen molar-refractivity contribution in [1.82, 2.24) is 20.5 Å². The summed E-state index contributed by atoms with van der Waals surface area (Å²) in [5, 5.41) is 5.94. The highest BCUT2D eigenvalue weighted by Gasteiger charge is 2.38. The summed E-state index contributed by atoms with van der Waals surface area (Å²) >= 11 is 0. The Morgan fingerprint density at radius 3 is 2.70 bits per heavy atom.